The van der Waals surface area contributed by atoms with Crippen molar-refractivity contribution in [3.63, 3.8) is 0 Å². The van der Waals surface area contributed by atoms with Gasteiger partial charge in [0.2, 0.25) is 0 Å². The summed E-state index contributed by atoms with van der Waals surface area (Å²) in [4.78, 5) is 30.2. The Labute approximate surface area is 180 Å². The number of aliphatic hydroxyl groups is 1. The van der Waals surface area contributed by atoms with E-state index in [0.717, 1.165) is 0 Å². The molecule has 8 heteroatoms. The maximum absolute atomic E-state index is 13.4. The number of carbonyl (C=O) groups excluding carboxylic acids is 2. The molecule has 1 N–H and O–H groups in total. The van der Waals surface area contributed by atoms with E-state index in [9.17, 15) is 14.7 Å². The van der Waals surface area contributed by atoms with Gasteiger partial charge in [-0.15, -0.1) is 0 Å². The summed E-state index contributed by atoms with van der Waals surface area (Å²) in [5.74, 6) is -0.0117. The van der Waals surface area contributed by atoms with E-state index in [1.165, 1.54) is 14.2 Å². The first kappa shape index (κ1) is 21.3. The van der Waals surface area contributed by atoms with Gasteiger partial charge in [-0.3, -0.25) is 19.4 Å². The first-order chi connectivity index (χ1) is 15.0. The number of benzene rings is 2. The van der Waals surface area contributed by atoms with Gasteiger partial charge in [0.1, 0.15) is 11.5 Å². The molecule has 0 saturated carbocycles. The van der Waals surface area contributed by atoms with E-state index < -0.39 is 17.3 Å². The summed E-state index contributed by atoms with van der Waals surface area (Å²) in [5, 5.41) is 11.5. The Kier molecular flexibility index (Phi) is 5.95. The highest BCUT2D eigenvalue weighted by atomic mass is 16.5. The van der Waals surface area contributed by atoms with Crippen LogP contribution in [-0.2, 0) is 15.1 Å². The molecular formula is C23H26N2O6. The molecule has 0 bridgehead atoms. The molecule has 2 aromatic rings. The van der Waals surface area contributed by atoms with E-state index in [0.29, 0.717) is 55.7 Å². The molecular weight excluding hydrogens is 400 g/mol. The van der Waals surface area contributed by atoms with E-state index in [4.69, 9.17) is 14.2 Å². The van der Waals surface area contributed by atoms with Gasteiger partial charge in [-0.2, -0.15) is 0 Å². The summed E-state index contributed by atoms with van der Waals surface area (Å²) in [5.41, 5.74) is -0.594. The maximum atomic E-state index is 13.4. The Hall–Kier alpha value is -2.94. The second kappa shape index (κ2) is 8.66. The fourth-order valence-electron chi connectivity index (χ4n) is 4.12. The van der Waals surface area contributed by atoms with Gasteiger partial charge < -0.3 is 19.3 Å². The van der Waals surface area contributed by atoms with Crippen LogP contribution in [0.4, 0.5) is 5.69 Å². The first-order valence-electron chi connectivity index (χ1n) is 10.2. The van der Waals surface area contributed by atoms with Gasteiger partial charge in [0.05, 0.1) is 51.8 Å². The molecule has 8 nitrogen and oxygen atoms in total. The maximum Gasteiger partial charge on any atom is 0.265 e. The number of Topliss-reactive ketones (excluding diaryl/α,β-unsaturated/α-hetero) is 1. The van der Waals surface area contributed by atoms with Gasteiger partial charge in [-0.1, -0.05) is 18.2 Å². The number of amides is 1. The molecule has 0 radical (unpaired) electrons. The molecule has 164 valence electrons. The van der Waals surface area contributed by atoms with Gasteiger partial charge in [-0.25, -0.2) is 0 Å². The third-order valence-corrected chi connectivity index (χ3v) is 5.81. The van der Waals surface area contributed by atoms with Gasteiger partial charge in [0, 0.05) is 24.7 Å². The lowest BCUT2D eigenvalue weighted by atomic mass is 9.88. The predicted molar refractivity (Wildman–Crippen MR) is 114 cm³/mol. The monoisotopic (exact) mass is 426 g/mol. The summed E-state index contributed by atoms with van der Waals surface area (Å²) in [6.07, 6.45) is -0.384. The van der Waals surface area contributed by atoms with E-state index >= 15 is 0 Å². The van der Waals surface area contributed by atoms with Crippen molar-refractivity contribution >= 4 is 17.4 Å². The van der Waals surface area contributed by atoms with Crippen molar-refractivity contribution in [2.45, 2.75) is 12.0 Å². The van der Waals surface area contributed by atoms with Crippen LogP contribution >= 0.6 is 0 Å². The Balaban J connectivity index is 1.63. The van der Waals surface area contributed by atoms with Gasteiger partial charge in [-0.05, 0) is 18.2 Å². The minimum absolute atomic E-state index is 0.286. The second-order valence-corrected chi connectivity index (χ2v) is 7.65. The van der Waals surface area contributed by atoms with Crippen molar-refractivity contribution in [1.29, 1.82) is 0 Å². The molecule has 1 atom stereocenters. The van der Waals surface area contributed by atoms with Crippen LogP contribution in [0.1, 0.15) is 22.3 Å². The second-order valence-electron chi connectivity index (χ2n) is 7.65. The van der Waals surface area contributed by atoms with Gasteiger partial charge in [0.25, 0.3) is 5.91 Å². The molecule has 1 saturated heterocycles. The molecule has 2 aromatic carbocycles. The molecule has 2 aliphatic rings. The lowest BCUT2D eigenvalue weighted by Crippen LogP contribution is -2.49. The Morgan fingerprint density at radius 3 is 2.58 bits per heavy atom. The molecule has 4 rings (SSSR count). The molecule has 0 aromatic heterocycles. The smallest absolute Gasteiger partial charge is 0.265 e. The number of anilines is 1. The SMILES string of the molecule is COc1ccc(C(=O)C[C@@]2(O)C(=O)N(CN3CCOCC3)c3ccccc32)c(OC)c1. The molecule has 31 heavy (non-hydrogen) atoms. The fourth-order valence-corrected chi connectivity index (χ4v) is 4.12. The van der Waals surface area contributed by atoms with E-state index in [-0.39, 0.29) is 12.0 Å². The molecule has 1 amide bonds. The van der Waals surface area contributed by atoms with Crippen molar-refractivity contribution in [2.24, 2.45) is 0 Å². The summed E-state index contributed by atoms with van der Waals surface area (Å²) < 4.78 is 15.9. The number of fused-ring (bicyclic) bond motifs is 1. The van der Waals surface area contributed by atoms with Crippen molar-refractivity contribution in [1.82, 2.24) is 4.90 Å². The van der Waals surface area contributed by atoms with E-state index in [2.05, 4.69) is 4.90 Å². The van der Waals surface area contributed by atoms with E-state index in [1.54, 1.807) is 41.3 Å². The summed E-state index contributed by atoms with van der Waals surface area (Å²) in [6.45, 7) is 2.94. The largest absolute Gasteiger partial charge is 0.497 e. The molecule has 0 aliphatic carbocycles. The number of methoxy groups -OCH3 is 2. The number of ether oxygens (including phenoxy) is 3. The zero-order chi connectivity index (χ0) is 22.0. The van der Waals surface area contributed by atoms with Crippen molar-refractivity contribution in [3.8, 4) is 11.5 Å². The molecule has 0 spiro atoms. The minimum Gasteiger partial charge on any atom is -0.497 e. The summed E-state index contributed by atoms with van der Waals surface area (Å²) in [6, 6.07) is 11.9. The Morgan fingerprint density at radius 1 is 1.13 bits per heavy atom. The van der Waals surface area contributed by atoms with Crippen LogP contribution in [0.15, 0.2) is 42.5 Å². The Morgan fingerprint density at radius 2 is 1.87 bits per heavy atom. The average Bonchev–Trinajstić information content (AvgIpc) is 3.01. The molecule has 2 aliphatic heterocycles. The number of ketones is 1. The normalized spacial score (nSPS) is 21.1. The van der Waals surface area contributed by atoms with Gasteiger partial charge >= 0.3 is 0 Å². The van der Waals surface area contributed by atoms with Crippen molar-refractivity contribution in [3.05, 3.63) is 53.6 Å². The zero-order valence-electron chi connectivity index (χ0n) is 17.7. The number of rotatable bonds is 7. The number of hydrogen-bond acceptors (Lipinski definition) is 7. The van der Waals surface area contributed by atoms with Crippen LogP contribution in [0.5, 0.6) is 11.5 Å². The summed E-state index contributed by atoms with van der Waals surface area (Å²) in [7, 11) is 2.98. The van der Waals surface area contributed by atoms with Crippen LogP contribution in [-0.4, -0.2) is 68.9 Å². The van der Waals surface area contributed by atoms with Crippen molar-refractivity contribution < 1.29 is 28.9 Å². The highest BCUT2D eigenvalue weighted by molar-refractivity contribution is 6.11. The molecule has 0 unspecified atom stereocenters. The summed E-state index contributed by atoms with van der Waals surface area (Å²) >= 11 is 0. The predicted octanol–water partition coefficient (Wildman–Crippen LogP) is 1.80. The fraction of sp³-hybridized carbons (Fsp3) is 0.391. The zero-order valence-corrected chi connectivity index (χ0v) is 17.7. The van der Waals surface area contributed by atoms with Crippen LogP contribution in [0.2, 0.25) is 0 Å². The lowest BCUT2D eigenvalue weighted by Gasteiger charge is -2.31. The number of hydrogen-bond donors (Lipinski definition) is 1. The number of carbonyl (C=O) groups is 2. The molecule has 2 heterocycles. The Bertz CT molecular complexity index is 988. The third kappa shape index (κ3) is 3.89. The number of morpholine rings is 1. The minimum atomic E-state index is -1.94. The van der Waals surface area contributed by atoms with Crippen molar-refractivity contribution in [2.75, 3.05) is 52.1 Å². The highest BCUT2D eigenvalue weighted by Crippen LogP contribution is 2.43. The highest BCUT2D eigenvalue weighted by Gasteiger charge is 2.51. The third-order valence-electron chi connectivity index (χ3n) is 5.81. The topological polar surface area (TPSA) is 88.5 Å². The quantitative estimate of drug-likeness (QED) is 0.676. The number of para-hydroxylation sites is 1. The average molecular weight is 426 g/mol. The van der Waals surface area contributed by atoms with E-state index in [1.807, 2.05) is 6.07 Å². The van der Waals surface area contributed by atoms with Crippen LogP contribution in [0, 0.1) is 0 Å². The molecule has 1 fully saturated rings. The van der Waals surface area contributed by atoms with Crippen LogP contribution in [0.25, 0.3) is 0 Å². The van der Waals surface area contributed by atoms with Gasteiger partial charge in [0.15, 0.2) is 11.4 Å². The standard InChI is InChI=1S/C23H26N2O6/c1-29-16-7-8-17(21(13-16)30-2)20(26)14-23(28)18-5-3-4-6-19(18)25(22(23)27)15-24-9-11-31-12-10-24/h3-8,13,28H,9-12,14-15H2,1-2H3/t23-/m0/s1. The van der Waals surface area contributed by atoms with Crippen LogP contribution < -0.4 is 14.4 Å². The number of nitrogens with zero attached hydrogens (tertiary/aromatic N) is 2. The first-order valence-corrected chi connectivity index (χ1v) is 10.2. The lowest BCUT2D eigenvalue weighted by molar-refractivity contribution is -0.136. The van der Waals surface area contributed by atoms with Crippen LogP contribution in [0.3, 0.4) is 0 Å².